The maximum atomic E-state index is 6.25. The summed E-state index contributed by atoms with van der Waals surface area (Å²) in [6, 6.07) is 5.96. The molecule has 0 bridgehead atoms. The van der Waals surface area contributed by atoms with Gasteiger partial charge in [-0.1, -0.05) is 36.1 Å². The topological polar surface area (TPSA) is 67.9 Å². The van der Waals surface area contributed by atoms with Crippen molar-refractivity contribution in [2.24, 2.45) is 5.73 Å². The van der Waals surface area contributed by atoms with Gasteiger partial charge < -0.3 is 10.6 Å². The van der Waals surface area contributed by atoms with E-state index in [0.717, 1.165) is 21.6 Å². The highest BCUT2D eigenvalue weighted by molar-refractivity contribution is 8.01. The van der Waals surface area contributed by atoms with Crippen LogP contribution in [0.15, 0.2) is 28.7 Å². The average molecular weight is 309 g/mol. The van der Waals surface area contributed by atoms with Gasteiger partial charge in [-0.25, -0.2) is 0 Å². The molecule has 0 radical (unpaired) electrons. The summed E-state index contributed by atoms with van der Waals surface area (Å²) in [6.45, 7) is 2.09. The molecule has 0 aromatic carbocycles. The van der Waals surface area contributed by atoms with Crippen LogP contribution in [0.5, 0.6) is 0 Å². The van der Waals surface area contributed by atoms with Crippen LogP contribution in [-0.2, 0) is 0 Å². The van der Waals surface area contributed by atoms with Gasteiger partial charge in [-0.05, 0) is 18.6 Å². The predicted molar refractivity (Wildman–Crippen MR) is 85.3 cm³/mol. The smallest absolute Gasteiger partial charge is 0.208 e. The van der Waals surface area contributed by atoms with Crippen molar-refractivity contribution < 1.29 is 0 Å². The van der Waals surface area contributed by atoms with E-state index in [2.05, 4.69) is 22.1 Å². The molecular weight excluding hydrogens is 290 g/mol. The van der Waals surface area contributed by atoms with Crippen molar-refractivity contribution >= 4 is 28.2 Å². The molecule has 0 saturated carbocycles. The molecule has 108 valence electrons. The number of anilines is 1. The number of pyridine rings is 1. The minimum absolute atomic E-state index is 0.0432. The largest absolute Gasteiger partial charge is 0.353 e. The van der Waals surface area contributed by atoms with E-state index in [0.29, 0.717) is 0 Å². The Bertz CT molecular complexity index is 529. The lowest BCUT2D eigenvalue weighted by molar-refractivity contribution is 0.624. The molecule has 0 aliphatic heterocycles. The summed E-state index contributed by atoms with van der Waals surface area (Å²) < 4.78 is 0.924. The van der Waals surface area contributed by atoms with E-state index in [4.69, 9.17) is 5.73 Å². The van der Waals surface area contributed by atoms with Gasteiger partial charge in [-0.3, -0.25) is 4.98 Å². The van der Waals surface area contributed by atoms with Gasteiger partial charge in [0.15, 0.2) is 4.34 Å². The predicted octanol–water partition coefficient (Wildman–Crippen LogP) is 2.57. The highest BCUT2D eigenvalue weighted by Crippen LogP contribution is 2.39. The molecule has 0 saturated heterocycles. The van der Waals surface area contributed by atoms with Crippen molar-refractivity contribution in [2.75, 3.05) is 19.0 Å². The van der Waals surface area contributed by atoms with Crippen molar-refractivity contribution in [3.8, 4) is 0 Å². The fourth-order valence-corrected chi connectivity index (χ4v) is 3.83. The van der Waals surface area contributed by atoms with Crippen molar-refractivity contribution in [1.82, 2.24) is 15.2 Å². The molecule has 2 aromatic heterocycles. The third-order valence-corrected chi connectivity index (χ3v) is 5.40. The van der Waals surface area contributed by atoms with Gasteiger partial charge in [0.2, 0.25) is 5.13 Å². The van der Waals surface area contributed by atoms with Crippen molar-refractivity contribution in [1.29, 1.82) is 0 Å². The Morgan fingerprint density at radius 3 is 2.70 bits per heavy atom. The quantitative estimate of drug-likeness (QED) is 0.827. The van der Waals surface area contributed by atoms with Crippen LogP contribution in [0.4, 0.5) is 5.13 Å². The van der Waals surface area contributed by atoms with Gasteiger partial charge in [0.05, 0.1) is 10.9 Å². The third kappa shape index (κ3) is 3.68. The zero-order valence-corrected chi connectivity index (χ0v) is 13.5. The number of aromatic nitrogens is 3. The lowest BCUT2D eigenvalue weighted by atomic mass is 10.1. The molecule has 2 heterocycles. The average Bonchev–Trinajstić information content (AvgIpc) is 2.94. The number of hydrogen-bond donors (Lipinski definition) is 1. The number of rotatable bonds is 6. The highest BCUT2D eigenvalue weighted by atomic mass is 32.2. The van der Waals surface area contributed by atoms with Gasteiger partial charge in [0.25, 0.3) is 0 Å². The van der Waals surface area contributed by atoms with Gasteiger partial charge >= 0.3 is 0 Å². The number of nitrogens with zero attached hydrogens (tertiary/aromatic N) is 4. The summed E-state index contributed by atoms with van der Waals surface area (Å²) in [6.07, 6.45) is 2.70. The van der Waals surface area contributed by atoms with Crippen LogP contribution in [0.25, 0.3) is 0 Å². The Balaban J connectivity index is 2.19. The normalized spacial score (nSPS) is 14.0. The van der Waals surface area contributed by atoms with Crippen molar-refractivity contribution in [3.05, 3.63) is 30.1 Å². The van der Waals surface area contributed by atoms with E-state index in [9.17, 15) is 0 Å². The molecule has 0 aliphatic carbocycles. The Labute approximate surface area is 127 Å². The Kier molecular flexibility index (Phi) is 5.33. The van der Waals surface area contributed by atoms with Crippen molar-refractivity contribution in [3.63, 3.8) is 0 Å². The maximum Gasteiger partial charge on any atom is 0.208 e. The first-order valence-electron chi connectivity index (χ1n) is 6.45. The molecule has 0 spiro atoms. The maximum absolute atomic E-state index is 6.25. The van der Waals surface area contributed by atoms with Crippen LogP contribution in [0.3, 0.4) is 0 Å². The van der Waals surface area contributed by atoms with E-state index >= 15 is 0 Å². The first kappa shape index (κ1) is 15.2. The molecule has 20 heavy (non-hydrogen) atoms. The highest BCUT2D eigenvalue weighted by Gasteiger charge is 2.23. The van der Waals surface area contributed by atoms with E-state index < -0.39 is 0 Å². The molecule has 2 rings (SSSR count). The monoisotopic (exact) mass is 309 g/mol. The van der Waals surface area contributed by atoms with Crippen LogP contribution < -0.4 is 10.6 Å². The van der Waals surface area contributed by atoms with Gasteiger partial charge in [-0.2, -0.15) is 0 Å². The number of nitrogens with two attached hydrogens (primary N) is 1. The molecule has 0 aliphatic rings. The number of hydrogen-bond acceptors (Lipinski definition) is 7. The van der Waals surface area contributed by atoms with Gasteiger partial charge in [0, 0.05) is 26.3 Å². The third-order valence-electron chi connectivity index (χ3n) is 2.85. The minimum atomic E-state index is 0.0432. The minimum Gasteiger partial charge on any atom is -0.353 e. The fourth-order valence-electron chi connectivity index (χ4n) is 1.66. The summed E-state index contributed by atoms with van der Waals surface area (Å²) >= 11 is 3.22. The zero-order valence-electron chi connectivity index (χ0n) is 11.9. The first-order valence-corrected chi connectivity index (χ1v) is 8.15. The van der Waals surface area contributed by atoms with Gasteiger partial charge in [-0.15, -0.1) is 10.2 Å². The van der Waals surface area contributed by atoms with E-state index in [1.54, 1.807) is 29.3 Å². The fraction of sp³-hybridized carbons (Fsp3) is 0.462. The summed E-state index contributed by atoms with van der Waals surface area (Å²) in [4.78, 5) is 6.39. The molecule has 5 nitrogen and oxygen atoms in total. The molecule has 0 amide bonds. The molecule has 2 atom stereocenters. The van der Waals surface area contributed by atoms with Crippen LogP contribution in [0.2, 0.25) is 0 Å². The van der Waals surface area contributed by atoms with Gasteiger partial charge in [0.1, 0.15) is 0 Å². The summed E-state index contributed by atoms with van der Waals surface area (Å²) in [5.41, 5.74) is 7.24. The van der Waals surface area contributed by atoms with Crippen LogP contribution in [0.1, 0.15) is 24.3 Å². The molecule has 0 fully saturated rings. The van der Waals surface area contributed by atoms with Crippen LogP contribution >= 0.6 is 23.1 Å². The molecule has 2 N–H and O–H groups in total. The molecule has 2 unspecified atom stereocenters. The van der Waals surface area contributed by atoms with Crippen LogP contribution in [0, 0.1) is 0 Å². The van der Waals surface area contributed by atoms with E-state index in [1.165, 1.54) is 0 Å². The Hall–Kier alpha value is -1.18. The summed E-state index contributed by atoms with van der Waals surface area (Å²) in [5.74, 6) is 0. The Morgan fingerprint density at radius 1 is 1.35 bits per heavy atom. The summed E-state index contributed by atoms with van der Waals surface area (Å²) in [7, 11) is 3.92. The first-order chi connectivity index (χ1) is 9.61. The molecule has 2 aromatic rings. The molecular formula is C13H19N5S2. The second-order valence-electron chi connectivity index (χ2n) is 4.61. The summed E-state index contributed by atoms with van der Waals surface area (Å²) in [5, 5.41) is 9.39. The lowest BCUT2D eigenvalue weighted by Gasteiger charge is -2.20. The van der Waals surface area contributed by atoms with E-state index in [1.807, 2.05) is 37.2 Å². The van der Waals surface area contributed by atoms with Crippen LogP contribution in [-0.4, -0.2) is 35.3 Å². The Morgan fingerprint density at radius 2 is 2.15 bits per heavy atom. The standard InChI is InChI=1S/C13H19N5S2/c1-4-9(14)11(10-7-5-6-8-15-10)19-13-17-16-12(20-13)18(2)3/h5-9,11H,4,14H2,1-3H3. The molecule has 7 heteroatoms. The SMILES string of the molecule is CCC(N)C(Sc1nnc(N(C)C)s1)c1ccccn1. The van der Waals surface area contributed by atoms with Crippen molar-refractivity contribution in [2.45, 2.75) is 29.0 Å². The number of thioether (sulfide) groups is 1. The van der Waals surface area contributed by atoms with E-state index in [-0.39, 0.29) is 11.3 Å². The zero-order chi connectivity index (χ0) is 14.5. The second kappa shape index (κ2) is 7.01. The second-order valence-corrected chi connectivity index (χ2v) is 6.95. The lowest BCUT2D eigenvalue weighted by Crippen LogP contribution is -2.26.